The summed E-state index contributed by atoms with van der Waals surface area (Å²) in [5, 5.41) is 20.7. The first-order valence-electron chi connectivity index (χ1n) is 9.05. The largest absolute Gasteiger partial charge is 0.508 e. The topological polar surface area (TPSA) is 108 Å². The summed E-state index contributed by atoms with van der Waals surface area (Å²) in [5.41, 5.74) is 1.13. The van der Waals surface area contributed by atoms with E-state index in [0.29, 0.717) is 16.9 Å². The number of carbonyl (C=O) groups is 1. The van der Waals surface area contributed by atoms with Crippen molar-refractivity contribution in [2.45, 2.75) is 40.2 Å². The number of nitriles is 1. The lowest BCUT2D eigenvalue weighted by Gasteiger charge is -2.57. The highest BCUT2D eigenvalue weighted by molar-refractivity contribution is 6.28. The highest BCUT2D eigenvalue weighted by atomic mass is 35.5. The molecule has 1 aromatic carbocycles. The highest BCUT2D eigenvalue weighted by Crippen LogP contribution is 2.53. The van der Waals surface area contributed by atoms with E-state index in [9.17, 15) is 4.79 Å². The number of aromatic hydroxyl groups is 1. The zero-order valence-electron chi connectivity index (χ0n) is 17.2. The van der Waals surface area contributed by atoms with Crippen LogP contribution < -0.4 is 10.1 Å². The van der Waals surface area contributed by atoms with Crippen molar-refractivity contribution in [1.82, 2.24) is 15.3 Å². The summed E-state index contributed by atoms with van der Waals surface area (Å²) in [4.78, 5) is 19.7. The molecular formula is C21H25ClN4O3. The first-order valence-corrected chi connectivity index (χ1v) is 9.43. The van der Waals surface area contributed by atoms with E-state index in [1.54, 1.807) is 0 Å². The van der Waals surface area contributed by atoms with Crippen LogP contribution in [0.3, 0.4) is 0 Å². The van der Waals surface area contributed by atoms with Crippen molar-refractivity contribution in [1.29, 1.82) is 5.26 Å². The molecule has 1 aromatic heterocycles. The van der Waals surface area contributed by atoms with E-state index < -0.39 is 0 Å². The van der Waals surface area contributed by atoms with Gasteiger partial charge in [0.1, 0.15) is 17.6 Å². The summed E-state index contributed by atoms with van der Waals surface area (Å²) in [6.45, 7) is 8.67. The maximum atomic E-state index is 12.1. The van der Waals surface area contributed by atoms with Crippen molar-refractivity contribution in [2.24, 2.45) is 10.8 Å². The van der Waals surface area contributed by atoms with E-state index in [4.69, 9.17) is 26.7 Å². The van der Waals surface area contributed by atoms with Gasteiger partial charge in [-0.05, 0) is 41.0 Å². The summed E-state index contributed by atoms with van der Waals surface area (Å²) in [6.07, 6.45) is 3.99. The molecule has 3 rings (SSSR count). The number of phenols is 1. The number of rotatable bonds is 3. The summed E-state index contributed by atoms with van der Waals surface area (Å²) in [6, 6.07) is 6.45. The van der Waals surface area contributed by atoms with Gasteiger partial charge in [0.05, 0.1) is 18.2 Å². The number of amides is 1. The maximum absolute atomic E-state index is 12.1. The molecule has 0 saturated heterocycles. The van der Waals surface area contributed by atoms with Gasteiger partial charge in [-0.2, -0.15) is 5.26 Å². The van der Waals surface area contributed by atoms with Gasteiger partial charge in [0, 0.05) is 24.5 Å². The van der Waals surface area contributed by atoms with Crippen LogP contribution in [0.25, 0.3) is 0 Å². The average molecular weight is 417 g/mol. The quantitative estimate of drug-likeness (QED) is 0.733. The van der Waals surface area contributed by atoms with Crippen molar-refractivity contribution < 1.29 is 14.6 Å². The van der Waals surface area contributed by atoms with Crippen molar-refractivity contribution in [3.63, 3.8) is 0 Å². The number of halogens is 1. The van der Waals surface area contributed by atoms with E-state index >= 15 is 0 Å². The standard InChI is InChI=1S/C13H18ClN3O.C8H7NO2/c1-12(2)7-13(3,4)10(12)17-9(18)8-5-15-11(14)16-6-8;1-11-8-4-7(10)3-2-6(8)5-9/h5-6,10H,7H2,1-4H3,(H,17,18);2-4,10H,1H3. The van der Waals surface area contributed by atoms with Gasteiger partial charge in [0.25, 0.3) is 5.91 Å². The maximum Gasteiger partial charge on any atom is 0.254 e. The number of methoxy groups -OCH3 is 1. The van der Waals surface area contributed by atoms with Crippen LogP contribution in [0, 0.1) is 22.2 Å². The van der Waals surface area contributed by atoms with E-state index in [2.05, 4.69) is 43.0 Å². The third kappa shape index (κ3) is 5.36. The van der Waals surface area contributed by atoms with Crippen molar-refractivity contribution in [3.05, 3.63) is 47.0 Å². The van der Waals surface area contributed by atoms with E-state index in [0.717, 1.165) is 6.42 Å². The Morgan fingerprint density at radius 1 is 1.28 bits per heavy atom. The SMILES string of the molecule is CC1(C)CC(C)(C)C1NC(=O)c1cnc(Cl)nc1.COc1cc(O)ccc1C#N. The van der Waals surface area contributed by atoms with Gasteiger partial charge in [0.2, 0.25) is 5.28 Å². The Morgan fingerprint density at radius 3 is 2.34 bits per heavy atom. The van der Waals surface area contributed by atoms with Crippen LogP contribution in [-0.2, 0) is 0 Å². The van der Waals surface area contributed by atoms with Crippen LogP contribution in [-0.4, -0.2) is 34.1 Å². The smallest absolute Gasteiger partial charge is 0.254 e. The third-order valence-corrected chi connectivity index (χ3v) is 5.13. The lowest BCUT2D eigenvalue weighted by atomic mass is 9.52. The summed E-state index contributed by atoms with van der Waals surface area (Å²) in [5.74, 6) is 0.353. The van der Waals surface area contributed by atoms with Crippen molar-refractivity contribution >= 4 is 17.5 Å². The average Bonchev–Trinajstić information content (AvgIpc) is 2.66. The zero-order valence-corrected chi connectivity index (χ0v) is 17.9. The normalized spacial score (nSPS) is 16.4. The second-order valence-electron chi connectivity index (χ2n) is 8.30. The Kier molecular flexibility index (Phi) is 6.70. The van der Waals surface area contributed by atoms with Crippen LogP contribution in [0.2, 0.25) is 5.28 Å². The molecule has 1 heterocycles. The summed E-state index contributed by atoms with van der Waals surface area (Å²) < 4.78 is 4.83. The molecule has 7 nitrogen and oxygen atoms in total. The van der Waals surface area contributed by atoms with Crippen LogP contribution in [0.1, 0.15) is 50.0 Å². The second kappa shape index (κ2) is 8.66. The number of aromatic nitrogens is 2. The first-order chi connectivity index (χ1) is 13.5. The molecule has 8 heteroatoms. The number of nitrogens with zero attached hydrogens (tertiary/aromatic N) is 3. The molecule has 1 aliphatic rings. The molecule has 1 saturated carbocycles. The molecule has 1 aliphatic carbocycles. The Labute approximate surface area is 175 Å². The minimum Gasteiger partial charge on any atom is -0.508 e. The minimum atomic E-state index is -0.141. The monoisotopic (exact) mass is 416 g/mol. The van der Waals surface area contributed by atoms with E-state index in [-0.39, 0.29) is 33.8 Å². The van der Waals surface area contributed by atoms with Crippen LogP contribution in [0.15, 0.2) is 30.6 Å². The molecular weight excluding hydrogens is 392 g/mol. The van der Waals surface area contributed by atoms with Gasteiger partial charge in [-0.3, -0.25) is 4.79 Å². The Morgan fingerprint density at radius 2 is 1.86 bits per heavy atom. The molecule has 0 radical (unpaired) electrons. The number of nitrogens with one attached hydrogen (secondary N) is 1. The van der Waals surface area contributed by atoms with Gasteiger partial charge >= 0.3 is 0 Å². The van der Waals surface area contributed by atoms with Gasteiger partial charge in [-0.1, -0.05) is 27.7 Å². The predicted octanol–water partition coefficient (Wildman–Crippen LogP) is 3.96. The molecule has 2 aromatic rings. The number of phenolic OH excluding ortho intramolecular Hbond substituents is 1. The predicted molar refractivity (Wildman–Crippen MR) is 110 cm³/mol. The van der Waals surface area contributed by atoms with Gasteiger partial charge in [-0.15, -0.1) is 0 Å². The molecule has 0 spiro atoms. The van der Waals surface area contributed by atoms with Crippen molar-refractivity contribution in [2.75, 3.05) is 7.11 Å². The Bertz CT molecular complexity index is 907. The highest BCUT2D eigenvalue weighted by Gasteiger charge is 2.53. The molecule has 1 amide bonds. The number of ether oxygens (including phenoxy) is 1. The van der Waals surface area contributed by atoms with Crippen LogP contribution in [0.5, 0.6) is 11.5 Å². The lowest BCUT2D eigenvalue weighted by Crippen LogP contribution is -2.63. The van der Waals surface area contributed by atoms with Crippen molar-refractivity contribution in [3.8, 4) is 17.6 Å². The van der Waals surface area contributed by atoms with Crippen LogP contribution in [0.4, 0.5) is 0 Å². The number of carbonyl (C=O) groups excluding carboxylic acids is 1. The number of hydrogen-bond acceptors (Lipinski definition) is 6. The third-order valence-electron chi connectivity index (χ3n) is 4.94. The lowest BCUT2D eigenvalue weighted by molar-refractivity contribution is -0.0366. The fourth-order valence-corrected chi connectivity index (χ4v) is 4.21. The molecule has 0 unspecified atom stereocenters. The molecule has 0 bridgehead atoms. The summed E-state index contributed by atoms with van der Waals surface area (Å²) >= 11 is 5.60. The van der Waals surface area contributed by atoms with E-state index in [1.807, 2.05) is 6.07 Å². The fourth-order valence-electron chi connectivity index (χ4n) is 4.11. The summed E-state index contributed by atoms with van der Waals surface area (Å²) in [7, 11) is 1.45. The number of benzene rings is 1. The minimum absolute atomic E-state index is 0.0980. The van der Waals surface area contributed by atoms with Gasteiger partial charge in [0.15, 0.2) is 0 Å². The molecule has 2 N–H and O–H groups in total. The second-order valence-corrected chi connectivity index (χ2v) is 8.64. The zero-order chi connectivity index (χ0) is 21.8. The van der Waals surface area contributed by atoms with Crippen LogP contribution >= 0.6 is 11.6 Å². The van der Waals surface area contributed by atoms with Gasteiger partial charge in [-0.25, -0.2) is 9.97 Å². The molecule has 1 fully saturated rings. The van der Waals surface area contributed by atoms with E-state index in [1.165, 1.54) is 37.7 Å². The molecule has 0 atom stereocenters. The fraction of sp³-hybridized carbons (Fsp3) is 0.429. The number of hydrogen-bond donors (Lipinski definition) is 2. The van der Waals surface area contributed by atoms with Gasteiger partial charge < -0.3 is 15.2 Å². The Balaban J connectivity index is 0.000000234. The molecule has 154 valence electrons. The Hall–Kier alpha value is -2.85. The molecule has 29 heavy (non-hydrogen) atoms. The molecule has 0 aliphatic heterocycles. The first kappa shape index (κ1) is 22.4.